The molecule has 0 aliphatic heterocycles. The van der Waals surface area contributed by atoms with Crippen LogP contribution in [-0.4, -0.2) is 22.6 Å². The maximum atomic E-state index is 12.7. The number of carbonyl (C=O) groups is 1. The number of halogens is 1. The molecule has 29 heavy (non-hydrogen) atoms. The van der Waals surface area contributed by atoms with Crippen molar-refractivity contribution in [2.24, 2.45) is 7.05 Å². The number of ether oxygens (including phenoxy) is 1. The van der Waals surface area contributed by atoms with E-state index in [4.69, 9.17) is 20.8 Å². The van der Waals surface area contributed by atoms with Gasteiger partial charge in [-0.1, -0.05) is 11.6 Å². The number of hydrogen-bond acceptors (Lipinski definition) is 5. The Labute approximate surface area is 176 Å². The van der Waals surface area contributed by atoms with Crippen LogP contribution in [0.25, 0.3) is 11.0 Å². The van der Waals surface area contributed by atoms with E-state index < -0.39 is 0 Å². The summed E-state index contributed by atoms with van der Waals surface area (Å²) in [6, 6.07) is 10.9. The van der Waals surface area contributed by atoms with Crippen molar-refractivity contribution < 1.29 is 13.9 Å². The first-order chi connectivity index (χ1) is 14.0. The molecular weight excluding hydrogens is 410 g/mol. The highest BCUT2D eigenvalue weighted by atomic mass is 35.5. The summed E-state index contributed by atoms with van der Waals surface area (Å²) in [5.41, 5.74) is 2.13. The van der Waals surface area contributed by atoms with Gasteiger partial charge in [-0.15, -0.1) is 0 Å². The van der Waals surface area contributed by atoms with E-state index >= 15 is 0 Å². The standard InChI is InChI=1S/C21H18ClN3O3S/c1-25-8-7-23-21(25)29-19-6-3-14(22)10-17(19)24-20(26)9-13-12-28-18-11-15(27-2)4-5-16(13)18/h3-8,10-12H,9H2,1-2H3,(H,24,26). The van der Waals surface area contributed by atoms with Gasteiger partial charge in [0.2, 0.25) is 5.91 Å². The Balaban J connectivity index is 1.54. The van der Waals surface area contributed by atoms with E-state index in [1.54, 1.807) is 37.8 Å². The molecule has 0 atom stereocenters. The highest BCUT2D eigenvalue weighted by Crippen LogP contribution is 2.34. The van der Waals surface area contributed by atoms with Crippen LogP contribution in [0.3, 0.4) is 0 Å². The number of methoxy groups -OCH3 is 1. The van der Waals surface area contributed by atoms with Gasteiger partial charge in [-0.2, -0.15) is 0 Å². The SMILES string of the molecule is COc1ccc2c(CC(=O)Nc3cc(Cl)ccc3Sc3nccn3C)coc2c1. The lowest BCUT2D eigenvalue weighted by Crippen LogP contribution is -2.14. The molecule has 0 aliphatic carbocycles. The molecule has 2 heterocycles. The molecule has 1 N–H and O–H groups in total. The molecule has 2 aromatic carbocycles. The van der Waals surface area contributed by atoms with Crippen molar-refractivity contribution in [2.75, 3.05) is 12.4 Å². The summed E-state index contributed by atoms with van der Waals surface area (Å²) >= 11 is 7.61. The van der Waals surface area contributed by atoms with Gasteiger partial charge in [0.05, 0.1) is 25.5 Å². The fraction of sp³-hybridized carbons (Fsp3) is 0.143. The maximum absolute atomic E-state index is 12.7. The van der Waals surface area contributed by atoms with Crippen LogP contribution in [0.15, 0.2) is 69.5 Å². The molecule has 0 unspecified atom stereocenters. The summed E-state index contributed by atoms with van der Waals surface area (Å²) in [4.78, 5) is 17.9. The second kappa shape index (κ2) is 8.23. The number of anilines is 1. The van der Waals surface area contributed by atoms with Crippen LogP contribution in [0, 0.1) is 0 Å². The van der Waals surface area contributed by atoms with Crippen LogP contribution in [0.1, 0.15) is 5.56 Å². The minimum Gasteiger partial charge on any atom is -0.497 e. The first kappa shape index (κ1) is 19.4. The van der Waals surface area contributed by atoms with Gasteiger partial charge in [0.25, 0.3) is 0 Å². The number of imidazole rings is 1. The molecule has 0 aliphatic rings. The molecule has 8 heteroatoms. The van der Waals surface area contributed by atoms with Gasteiger partial charge in [-0.3, -0.25) is 4.79 Å². The smallest absolute Gasteiger partial charge is 0.228 e. The van der Waals surface area contributed by atoms with Crippen molar-refractivity contribution in [3.05, 3.63) is 65.6 Å². The Hall–Kier alpha value is -2.90. The molecule has 2 aromatic heterocycles. The Morgan fingerprint density at radius 2 is 2.17 bits per heavy atom. The lowest BCUT2D eigenvalue weighted by atomic mass is 10.1. The second-order valence-electron chi connectivity index (χ2n) is 6.41. The third-order valence-electron chi connectivity index (χ3n) is 4.41. The zero-order valence-electron chi connectivity index (χ0n) is 15.8. The number of hydrogen-bond donors (Lipinski definition) is 1. The van der Waals surface area contributed by atoms with E-state index in [9.17, 15) is 4.79 Å². The topological polar surface area (TPSA) is 69.3 Å². The maximum Gasteiger partial charge on any atom is 0.228 e. The predicted octanol–water partition coefficient (Wildman–Crippen LogP) is 5.16. The van der Waals surface area contributed by atoms with Crippen LogP contribution in [-0.2, 0) is 18.3 Å². The molecule has 0 bridgehead atoms. The Kier molecular flexibility index (Phi) is 5.51. The third kappa shape index (κ3) is 4.26. The van der Waals surface area contributed by atoms with Crippen LogP contribution < -0.4 is 10.1 Å². The van der Waals surface area contributed by atoms with Gasteiger partial charge < -0.3 is 19.0 Å². The third-order valence-corrected chi connectivity index (χ3v) is 5.79. The summed E-state index contributed by atoms with van der Waals surface area (Å²) in [5, 5.41) is 5.21. The van der Waals surface area contributed by atoms with E-state index in [0.717, 1.165) is 21.0 Å². The van der Waals surface area contributed by atoms with Crippen LogP contribution >= 0.6 is 23.4 Å². The lowest BCUT2D eigenvalue weighted by molar-refractivity contribution is -0.115. The highest BCUT2D eigenvalue weighted by molar-refractivity contribution is 7.99. The summed E-state index contributed by atoms with van der Waals surface area (Å²) < 4.78 is 12.7. The number of carbonyl (C=O) groups excluding carboxylic acids is 1. The Morgan fingerprint density at radius 3 is 2.93 bits per heavy atom. The van der Waals surface area contributed by atoms with E-state index in [1.807, 2.05) is 36.0 Å². The number of nitrogens with one attached hydrogen (secondary N) is 1. The number of fused-ring (bicyclic) bond motifs is 1. The van der Waals surface area contributed by atoms with Crippen LogP contribution in [0.2, 0.25) is 5.02 Å². The molecule has 6 nitrogen and oxygen atoms in total. The van der Waals surface area contributed by atoms with Crippen molar-refractivity contribution in [1.29, 1.82) is 0 Å². The molecule has 1 amide bonds. The Morgan fingerprint density at radius 1 is 1.31 bits per heavy atom. The highest BCUT2D eigenvalue weighted by Gasteiger charge is 2.14. The largest absolute Gasteiger partial charge is 0.497 e. The minimum atomic E-state index is -0.160. The summed E-state index contributed by atoms with van der Waals surface area (Å²) in [6.45, 7) is 0. The molecule has 4 aromatic rings. The summed E-state index contributed by atoms with van der Waals surface area (Å²) in [6.07, 6.45) is 5.38. The van der Waals surface area contributed by atoms with Gasteiger partial charge in [-0.05, 0) is 42.1 Å². The van der Waals surface area contributed by atoms with Crippen molar-refractivity contribution in [3.63, 3.8) is 0 Å². The van der Waals surface area contributed by atoms with Gasteiger partial charge in [0, 0.05) is 46.4 Å². The molecule has 0 spiro atoms. The predicted molar refractivity (Wildman–Crippen MR) is 114 cm³/mol. The number of aryl methyl sites for hydroxylation is 1. The van der Waals surface area contributed by atoms with E-state index in [1.165, 1.54) is 11.8 Å². The fourth-order valence-corrected chi connectivity index (χ4v) is 3.98. The first-order valence-corrected chi connectivity index (χ1v) is 10.0. The molecule has 0 saturated heterocycles. The van der Waals surface area contributed by atoms with Crippen LogP contribution in [0.5, 0.6) is 5.75 Å². The van der Waals surface area contributed by atoms with Crippen molar-refractivity contribution in [2.45, 2.75) is 16.5 Å². The quantitative estimate of drug-likeness (QED) is 0.460. The molecular formula is C21H18ClN3O3S. The normalized spacial score (nSPS) is 11.0. The molecule has 0 radical (unpaired) electrons. The molecule has 0 fully saturated rings. The number of aromatic nitrogens is 2. The Bertz CT molecular complexity index is 1190. The van der Waals surface area contributed by atoms with E-state index in [0.29, 0.717) is 22.0 Å². The first-order valence-electron chi connectivity index (χ1n) is 8.82. The van der Waals surface area contributed by atoms with Gasteiger partial charge >= 0.3 is 0 Å². The minimum absolute atomic E-state index is 0.160. The van der Waals surface area contributed by atoms with Gasteiger partial charge in [-0.25, -0.2) is 4.98 Å². The van der Waals surface area contributed by atoms with Crippen molar-refractivity contribution in [3.8, 4) is 5.75 Å². The van der Waals surface area contributed by atoms with Crippen molar-refractivity contribution >= 4 is 45.9 Å². The lowest BCUT2D eigenvalue weighted by Gasteiger charge is -2.11. The van der Waals surface area contributed by atoms with Gasteiger partial charge in [0.15, 0.2) is 5.16 Å². The van der Waals surface area contributed by atoms with Crippen molar-refractivity contribution in [1.82, 2.24) is 9.55 Å². The fourth-order valence-electron chi connectivity index (χ4n) is 2.93. The second-order valence-corrected chi connectivity index (χ2v) is 7.86. The number of amides is 1. The number of rotatable bonds is 6. The summed E-state index contributed by atoms with van der Waals surface area (Å²) in [7, 11) is 3.52. The number of benzene rings is 2. The summed E-state index contributed by atoms with van der Waals surface area (Å²) in [5.74, 6) is 0.546. The number of furan rings is 1. The zero-order valence-corrected chi connectivity index (χ0v) is 17.4. The number of nitrogens with zero attached hydrogens (tertiary/aromatic N) is 2. The molecule has 4 rings (SSSR count). The molecule has 0 saturated carbocycles. The van der Waals surface area contributed by atoms with Crippen LogP contribution in [0.4, 0.5) is 5.69 Å². The average molecular weight is 428 g/mol. The van der Waals surface area contributed by atoms with Gasteiger partial charge in [0.1, 0.15) is 11.3 Å². The van der Waals surface area contributed by atoms with E-state index in [2.05, 4.69) is 10.3 Å². The molecule has 148 valence electrons. The zero-order chi connectivity index (χ0) is 20.4. The average Bonchev–Trinajstić information content (AvgIpc) is 3.29. The monoisotopic (exact) mass is 427 g/mol. The van der Waals surface area contributed by atoms with E-state index in [-0.39, 0.29) is 12.3 Å².